The van der Waals surface area contributed by atoms with Crippen LogP contribution in [0.25, 0.3) is 11.0 Å². The summed E-state index contributed by atoms with van der Waals surface area (Å²) in [5, 5.41) is 2.37. The number of carbonyl (C=O) groups is 1. The molecule has 0 spiro atoms. The van der Waals surface area contributed by atoms with Gasteiger partial charge in [-0.2, -0.15) is 4.73 Å². The Hall–Kier alpha value is -2.24. The molecule has 1 aromatic carbocycles. The highest BCUT2D eigenvalue weighted by Gasteiger charge is 2.07. The molecule has 6 nitrogen and oxygen atoms in total. The Morgan fingerprint density at radius 3 is 3.06 bits per heavy atom. The van der Waals surface area contributed by atoms with Crippen molar-refractivity contribution in [3.63, 3.8) is 0 Å². The van der Waals surface area contributed by atoms with E-state index in [-0.39, 0.29) is 0 Å². The van der Waals surface area contributed by atoms with Gasteiger partial charge in [-0.3, -0.25) is 0 Å². The summed E-state index contributed by atoms with van der Waals surface area (Å²) in [6.45, 7) is 2.71. The third kappa shape index (κ3) is 2.53. The minimum Gasteiger partial charge on any atom is -0.494 e. The van der Waals surface area contributed by atoms with E-state index in [1.165, 1.54) is 18.1 Å². The molecule has 0 saturated carbocycles. The zero-order chi connectivity index (χ0) is 13.0. The van der Waals surface area contributed by atoms with Gasteiger partial charge in [0.25, 0.3) is 0 Å². The van der Waals surface area contributed by atoms with Gasteiger partial charge in [0.15, 0.2) is 0 Å². The molecule has 0 aliphatic rings. The molecule has 0 bridgehead atoms. The summed E-state index contributed by atoms with van der Waals surface area (Å²) in [5.41, 5.74) is 1.43. The molecule has 0 aliphatic carbocycles. The highest BCUT2D eigenvalue weighted by Crippen LogP contribution is 2.19. The first-order valence-corrected chi connectivity index (χ1v) is 5.74. The Kier molecular flexibility index (Phi) is 3.66. The third-order valence-electron chi connectivity index (χ3n) is 2.34. The summed E-state index contributed by atoms with van der Waals surface area (Å²) in [6, 6.07) is 5.44. The zero-order valence-corrected chi connectivity index (χ0v) is 10.3. The third-order valence-corrected chi connectivity index (χ3v) is 2.34. The molecule has 1 heterocycles. The van der Waals surface area contributed by atoms with E-state index in [1.54, 1.807) is 6.07 Å². The van der Waals surface area contributed by atoms with Crippen molar-refractivity contribution in [3.8, 4) is 5.75 Å². The minimum atomic E-state index is -0.541. The largest absolute Gasteiger partial charge is 0.494 e. The maximum atomic E-state index is 11.1. The fraction of sp³-hybridized carbons (Fsp3) is 0.333. The van der Waals surface area contributed by atoms with Gasteiger partial charge in [-0.1, -0.05) is 6.92 Å². The normalized spacial score (nSPS) is 10.3. The molecule has 2 rings (SSSR count). The molecule has 18 heavy (non-hydrogen) atoms. The Morgan fingerprint density at radius 1 is 1.50 bits per heavy atom. The Balaban J connectivity index is 2.23. The predicted octanol–water partition coefficient (Wildman–Crippen LogP) is 1.59. The number of nitrogens with zero attached hydrogens (tertiary/aromatic N) is 2. The number of hydrogen-bond acceptors (Lipinski definition) is 4. The van der Waals surface area contributed by atoms with Crippen LogP contribution in [0.15, 0.2) is 24.5 Å². The van der Waals surface area contributed by atoms with E-state index in [9.17, 15) is 4.79 Å². The lowest BCUT2D eigenvalue weighted by atomic mass is 10.3. The first-order chi connectivity index (χ1) is 8.74. The maximum absolute atomic E-state index is 11.1. The van der Waals surface area contributed by atoms with Crippen molar-refractivity contribution >= 4 is 17.1 Å². The van der Waals surface area contributed by atoms with Crippen LogP contribution in [0.2, 0.25) is 0 Å². The Morgan fingerprint density at radius 2 is 2.33 bits per heavy atom. The van der Waals surface area contributed by atoms with Crippen LogP contribution >= 0.6 is 0 Å². The fourth-order valence-corrected chi connectivity index (χ4v) is 1.49. The molecular weight excluding hydrogens is 234 g/mol. The van der Waals surface area contributed by atoms with Gasteiger partial charge in [0.05, 0.1) is 12.1 Å². The molecular formula is C12H15N3O3. The summed E-state index contributed by atoms with van der Waals surface area (Å²) >= 11 is 0. The van der Waals surface area contributed by atoms with Crippen LogP contribution in [-0.4, -0.2) is 29.5 Å². The lowest BCUT2D eigenvalue weighted by Crippen LogP contribution is -2.28. The van der Waals surface area contributed by atoms with Crippen LogP contribution in [-0.2, 0) is 0 Å². The number of nitrogens with one attached hydrogen (secondary N) is 1. The van der Waals surface area contributed by atoms with Crippen molar-refractivity contribution in [1.82, 2.24) is 15.0 Å². The number of benzene rings is 1. The first kappa shape index (κ1) is 12.2. The standard InChI is InChI=1S/C12H15N3O3/c1-3-6-17-9-4-5-11-10(7-9)14-8-15(11)18-12(16)13-2/h4-5,7-8H,3,6H2,1-2H3,(H,13,16). The number of imidazole rings is 1. The quantitative estimate of drug-likeness (QED) is 0.893. The molecule has 0 atom stereocenters. The summed E-state index contributed by atoms with van der Waals surface area (Å²) in [5.74, 6) is 0.759. The number of fused-ring (bicyclic) bond motifs is 1. The van der Waals surface area contributed by atoms with E-state index < -0.39 is 6.09 Å². The van der Waals surface area contributed by atoms with E-state index in [2.05, 4.69) is 10.3 Å². The second kappa shape index (κ2) is 5.39. The number of rotatable bonds is 4. The average Bonchev–Trinajstić information content (AvgIpc) is 2.78. The second-order valence-corrected chi connectivity index (χ2v) is 3.70. The summed E-state index contributed by atoms with van der Waals surface area (Å²) in [7, 11) is 1.50. The predicted molar refractivity (Wildman–Crippen MR) is 66.6 cm³/mol. The molecule has 1 amide bonds. The number of aromatic nitrogens is 2. The number of ether oxygens (including phenoxy) is 1. The smallest absolute Gasteiger partial charge is 0.431 e. The second-order valence-electron chi connectivity index (χ2n) is 3.70. The number of carbonyl (C=O) groups excluding carboxylic acids is 1. The molecule has 6 heteroatoms. The van der Waals surface area contributed by atoms with Gasteiger partial charge in [0, 0.05) is 13.1 Å². The van der Waals surface area contributed by atoms with E-state index >= 15 is 0 Å². The molecule has 0 unspecified atom stereocenters. The molecule has 0 aliphatic heterocycles. The highest BCUT2D eigenvalue weighted by molar-refractivity contribution is 5.77. The minimum absolute atomic E-state index is 0.541. The highest BCUT2D eigenvalue weighted by atomic mass is 16.7. The molecule has 1 N–H and O–H groups in total. The summed E-state index contributed by atoms with van der Waals surface area (Å²) in [4.78, 5) is 20.3. The van der Waals surface area contributed by atoms with Gasteiger partial charge in [-0.25, -0.2) is 9.78 Å². The van der Waals surface area contributed by atoms with Crippen LogP contribution in [0.1, 0.15) is 13.3 Å². The lowest BCUT2D eigenvalue weighted by Gasteiger charge is -2.05. The van der Waals surface area contributed by atoms with Crippen molar-refractivity contribution in [3.05, 3.63) is 24.5 Å². The van der Waals surface area contributed by atoms with Crippen LogP contribution in [0.3, 0.4) is 0 Å². The topological polar surface area (TPSA) is 65.4 Å². The van der Waals surface area contributed by atoms with Crippen LogP contribution in [0, 0.1) is 0 Å². The van der Waals surface area contributed by atoms with Crippen molar-refractivity contribution in [1.29, 1.82) is 0 Å². The lowest BCUT2D eigenvalue weighted by molar-refractivity contribution is 0.140. The van der Waals surface area contributed by atoms with Gasteiger partial charge in [0.2, 0.25) is 0 Å². The van der Waals surface area contributed by atoms with Crippen molar-refractivity contribution < 1.29 is 14.4 Å². The van der Waals surface area contributed by atoms with Crippen molar-refractivity contribution in [2.75, 3.05) is 13.7 Å². The van der Waals surface area contributed by atoms with Gasteiger partial charge < -0.3 is 14.9 Å². The average molecular weight is 249 g/mol. The SMILES string of the molecule is CCCOc1ccc2c(c1)ncn2OC(=O)NC. The van der Waals surface area contributed by atoms with E-state index in [0.29, 0.717) is 17.6 Å². The van der Waals surface area contributed by atoms with Gasteiger partial charge in [0.1, 0.15) is 17.6 Å². The van der Waals surface area contributed by atoms with Crippen molar-refractivity contribution in [2.24, 2.45) is 0 Å². The monoisotopic (exact) mass is 249 g/mol. The Labute approximate surface area is 104 Å². The Bertz CT molecular complexity index is 550. The van der Waals surface area contributed by atoms with Gasteiger partial charge >= 0.3 is 6.09 Å². The summed E-state index contributed by atoms with van der Waals surface area (Å²) in [6.07, 6.45) is 1.86. The van der Waals surface area contributed by atoms with Crippen LogP contribution < -0.4 is 14.9 Å². The molecule has 1 aromatic heterocycles. The molecule has 0 radical (unpaired) electrons. The molecule has 0 fully saturated rings. The van der Waals surface area contributed by atoms with Gasteiger partial charge in [-0.15, -0.1) is 0 Å². The molecule has 2 aromatic rings. The number of hydrogen-bond donors (Lipinski definition) is 1. The molecule has 96 valence electrons. The molecule has 0 saturated heterocycles. The van der Waals surface area contributed by atoms with Crippen LogP contribution in [0.4, 0.5) is 4.79 Å². The maximum Gasteiger partial charge on any atom is 0.431 e. The van der Waals surface area contributed by atoms with E-state index in [1.807, 2.05) is 19.1 Å². The van der Waals surface area contributed by atoms with E-state index in [0.717, 1.165) is 12.2 Å². The van der Waals surface area contributed by atoms with Gasteiger partial charge in [-0.05, 0) is 18.6 Å². The summed E-state index contributed by atoms with van der Waals surface area (Å²) < 4.78 is 6.82. The first-order valence-electron chi connectivity index (χ1n) is 5.74. The fourth-order valence-electron chi connectivity index (χ4n) is 1.49. The van der Waals surface area contributed by atoms with Crippen LogP contribution in [0.5, 0.6) is 5.75 Å². The zero-order valence-electron chi connectivity index (χ0n) is 10.3. The van der Waals surface area contributed by atoms with E-state index in [4.69, 9.17) is 9.57 Å². The van der Waals surface area contributed by atoms with Crippen molar-refractivity contribution in [2.45, 2.75) is 13.3 Å². The number of amides is 1.